The molecule has 1 aliphatic rings. The maximum absolute atomic E-state index is 11.1. The standard InChI is InChI=1S/C16H22ClN3O4/c1-10(21)19-12-3-4-20(8-12)7-11-5-13(17)16(14(6-11)23-2)24-9-15(18)22/h5-6,12H,3-4,7-9H2,1-2H3,(H2,18,22)(H,19,21)/t12-/m0/s1. The van der Waals surface area contributed by atoms with Crippen LogP contribution in [0.1, 0.15) is 18.9 Å². The minimum absolute atomic E-state index is 0.0116. The van der Waals surface area contributed by atoms with E-state index in [0.29, 0.717) is 23.1 Å². The zero-order valence-electron chi connectivity index (χ0n) is 13.8. The second-order valence-electron chi connectivity index (χ2n) is 5.79. The molecule has 0 saturated carbocycles. The normalized spacial score (nSPS) is 17.5. The van der Waals surface area contributed by atoms with Gasteiger partial charge in [0.25, 0.3) is 5.91 Å². The number of likely N-dealkylation sites (tertiary alicyclic amines) is 1. The molecule has 1 heterocycles. The van der Waals surface area contributed by atoms with Crippen molar-refractivity contribution in [2.24, 2.45) is 5.73 Å². The molecule has 1 aromatic rings. The fourth-order valence-corrected chi connectivity index (χ4v) is 3.08. The highest BCUT2D eigenvalue weighted by Gasteiger charge is 2.23. The van der Waals surface area contributed by atoms with Gasteiger partial charge in [0.05, 0.1) is 12.1 Å². The fraction of sp³-hybridized carbons (Fsp3) is 0.500. The Hall–Kier alpha value is -1.99. The summed E-state index contributed by atoms with van der Waals surface area (Å²) >= 11 is 6.25. The van der Waals surface area contributed by atoms with Gasteiger partial charge in [-0.25, -0.2) is 0 Å². The van der Waals surface area contributed by atoms with E-state index in [9.17, 15) is 9.59 Å². The van der Waals surface area contributed by atoms with E-state index in [4.69, 9.17) is 26.8 Å². The summed E-state index contributed by atoms with van der Waals surface area (Å²) in [6.45, 7) is 3.63. The predicted molar refractivity (Wildman–Crippen MR) is 90.2 cm³/mol. The van der Waals surface area contributed by atoms with Gasteiger partial charge in [0.1, 0.15) is 0 Å². The lowest BCUT2D eigenvalue weighted by Gasteiger charge is -2.18. The second kappa shape index (κ2) is 8.21. The van der Waals surface area contributed by atoms with Gasteiger partial charge in [0.15, 0.2) is 18.1 Å². The molecule has 2 rings (SSSR count). The van der Waals surface area contributed by atoms with Crippen molar-refractivity contribution < 1.29 is 19.1 Å². The average Bonchev–Trinajstić information content (AvgIpc) is 2.91. The van der Waals surface area contributed by atoms with Crippen LogP contribution in [0.3, 0.4) is 0 Å². The summed E-state index contributed by atoms with van der Waals surface area (Å²) in [4.78, 5) is 24.2. The molecule has 0 spiro atoms. The zero-order chi connectivity index (χ0) is 17.7. The van der Waals surface area contributed by atoms with Gasteiger partial charge >= 0.3 is 0 Å². The number of hydrogen-bond acceptors (Lipinski definition) is 5. The zero-order valence-corrected chi connectivity index (χ0v) is 14.6. The molecular weight excluding hydrogens is 334 g/mol. The number of amides is 2. The third-order valence-corrected chi connectivity index (χ3v) is 4.01. The van der Waals surface area contributed by atoms with Gasteiger partial charge < -0.3 is 20.5 Å². The molecule has 2 amide bonds. The number of nitrogens with two attached hydrogens (primary N) is 1. The Morgan fingerprint density at radius 3 is 2.83 bits per heavy atom. The number of ether oxygens (including phenoxy) is 2. The Morgan fingerprint density at radius 2 is 2.21 bits per heavy atom. The van der Waals surface area contributed by atoms with E-state index in [0.717, 1.165) is 25.1 Å². The number of hydrogen-bond donors (Lipinski definition) is 2. The molecule has 1 fully saturated rings. The predicted octanol–water partition coefficient (Wildman–Crippen LogP) is 0.923. The first-order valence-electron chi connectivity index (χ1n) is 7.66. The van der Waals surface area contributed by atoms with Gasteiger partial charge in [-0.2, -0.15) is 0 Å². The highest BCUT2D eigenvalue weighted by Crippen LogP contribution is 2.36. The maximum atomic E-state index is 11.1. The summed E-state index contributed by atoms with van der Waals surface area (Å²) in [5.41, 5.74) is 6.05. The number of halogens is 1. The van der Waals surface area contributed by atoms with Crippen LogP contribution in [-0.4, -0.2) is 49.6 Å². The first-order chi connectivity index (χ1) is 11.4. The molecule has 1 aliphatic heterocycles. The van der Waals surface area contributed by atoms with Crippen molar-refractivity contribution in [3.05, 3.63) is 22.7 Å². The van der Waals surface area contributed by atoms with Crippen LogP contribution in [0.4, 0.5) is 0 Å². The number of carbonyl (C=O) groups is 2. The molecule has 0 aliphatic carbocycles. The summed E-state index contributed by atoms with van der Waals surface area (Å²) in [6.07, 6.45) is 0.921. The molecule has 1 aromatic carbocycles. The van der Waals surface area contributed by atoms with Crippen LogP contribution in [0.25, 0.3) is 0 Å². The Bertz CT molecular complexity index is 624. The molecule has 7 nitrogen and oxygen atoms in total. The van der Waals surface area contributed by atoms with Crippen molar-refractivity contribution in [2.75, 3.05) is 26.8 Å². The Morgan fingerprint density at radius 1 is 1.46 bits per heavy atom. The topological polar surface area (TPSA) is 93.9 Å². The van der Waals surface area contributed by atoms with Crippen LogP contribution in [0, 0.1) is 0 Å². The molecule has 24 heavy (non-hydrogen) atoms. The lowest BCUT2D eigenvalue weighted by molar-refractivity contribution is -0.120. The molecule has 0 radical (unpaired) electrons. The van der Waals surface area contributed by atoms with E-state index in [1.54, 1.807) is 6.07 Å². The smallest absolute Gasteiger partial charge is 0.255 e. The third kappa shape index (κ3) is 5.01. The number of methoxy groups -OCH3 is 1. The summed E-state index contributed by atoms with van der Waals surface area (Å²) in [7, 11) is 1.51. The summed E-state index contributed by atoms with van der Waals surface area (Å²) < 4.78 is 10.6. The molecule has 0 bridgehead atoms. The Balaban J connectivity index is 2.05. The van der Waals surface area contributed by atoms with Gasteiger partial charge in [-0.3, -0.25) is 14.5 Å². The SMILES string of the molecule is COc1cc(CN2CC[C@H](NC(C)=O)C2)cc(Cl)c1OCC(N)=O. The molecule has 0 unspecified atom stereocenters. The number of nitrogens with zero attached hydrogens (tertiary/aromatic N) is 1. The molecule has 3 N–H and O–H groups in total. The van der Waals surface area contributed by atoms with Crippen molar-refractivity contribution in [1.29, 1.82) is 0 Å². The monoisotopic (exact) mass is 355 g/mol. The van der Waals surface area contributed by atoms with Crippen molar-refractivity contribution in [3.63, 3.8) is 0 Å². The third-order valence-electron chi connectivity index (χ3n) is 3.73. The molecular formula is C16H22ClN3O4. The van der Waals surface area contributed by atoms with Crippen LogP contribution in [0.15, 0.2) is 12.1 Å². The number of carbonyl (C=O) groups excluding carboxylic acids is 2. The van der Waals surface area contributed by atoms with Gasteiger partial charge in [-0.1, -0.05) is 11.6 Å². The van der Waals surface area contributed by atoms with Crippen LogP contribution in [0.2, 0.25) is 5.02 Å². The second-order valence-corrected chi connectivity index (χ2v) is 6.19. The molecule has 132 valence electrons. The number of benzene rings is 1. The minimum atomic E-state index is -0.585. The average molecular weight is 356 g/mol. The van der Waals surface area contributed by atoms with Gasteiger partial charge in [0.2, 0.25) is 5.91 Å². The largest absolute Gasteiger partial charge is 0.493 e. The maximum Gasteiger partial charge on any atom is 0.255 e. The lowest BCUT2D eigenvalue weighted by atomic mass is 10.2. The summed E-state index contributed by atoms with van der Waals surface area (Å²) in [5, 5.41) is 3.30. The van der Waals surface area contributed by atoms with E-state index < -0.39 is 5.91 Å². The van der Waals surface area contributed by atoms with E-state index in [1.807, 2.05) is 6.07 Å². The number of rotatable bonds is 7. The summed E-state index contributed by atoms with van der Waals surface area (Å²) in [6, 6.07) is 3.79. The van der Waals surface area contributed by atoms with Gasteiger partial charge in [-0.05, 0) is 24.1 Å². The summed E-state index contributed by atoms with van der Waals surface area (Å²) in [5.74, 6) is 0.163. The van der Waals surface area contributed by atoms with Crippen LogP contribution in [0.5, 0.6) is 11.5 Å². The molecule has 8 heteroatoms. The quantitative estimate of drug-likeness (QED) is 0.758. The number of primary amides is 1. The van der Waals surface area contributed by atoms with Crippen LogP contribution < -0.4 is 20.5 Å². The van der Waals surface area contributed by atoms with Crippen molar-refractivity contribution in [3.8, 4) is 11.5 Å². The highest BCUT2D eigenvalue weighted by molar-refractivity contribution is 6.32. The van der Waals surface area contributed by atoms with Crippen LogP contribution >= 0.6 is 11.6 Å². The van der Waals surface area contributed by atoms with E-state index in [-0.39, 0.29) is 18.6 Å². The molecule has 1 saturated heterocycles. The van der Waals surface area contributed by atoms with E-state index in [1.165, 1.54) is 14.0 Å². The fourth-order valence-electron chi connectivity index (χ4n) is 2.79. The lowest BCUT2D eigenvalue weighted by Crippen LogP contribution is -2.35. The molecule has 1 atom stereocenters. The Labute approximate surface area is 146 Å². The van der Waals surface area contributed by atoms with E-state index >= 15 is 0 Å². The molecule has 0 aromatic heterocycles. The van der Waals surface area contributed by atoms with Gasteiger partial charge in [-0.15, -0.1) is 0 Å². The van der Waals surface area contributed by atoms with Crippen LogP contribution in [-0.2, 0) is 16.1 Å². The Kier molecular flexibility index (Phi) is 6.28. The van der Waals surface area contributed by atoms with Crippen molar-refractivity contribution in [1.82, 2.24) is 10.2 Å². The van der Waals surface area contributed by atoms with Crippen molar-refractivity contribution >= 4 is 23.4 Å². The first-order valence-corrected chi connectivity index (χ1v) is 8.03. The first kappa shape index (κ1) is 18.4. The van der Waals surface area contributed by atoms with Gasteiger partial charge in [0, 0.05) is 32.6 Å². The highest BCUT2D eigenvalue weighted by atomic mass is 35.5. The van der Waals surface area contributed by atoms with E-state index in [2.05, 4.69) is 10.2 Å². The number of nitrogens with one attached hydrogen (secondary N) is 1. The van der Waals surface area contributed by atoms with Crippen molar-refractivity contribution in [2.45, 2.75) is 25.9 Å². The minimum Gasteiger partial charge on any atom is -0.493 e.